The minimum Gasteiger partial charge on any atom is -0.481 e. The van der Waals surface area contributed by atoms with Crippen molar-refractivity contribution in [3.05, 3.63) is 0 Å². The van der Waals surface area contributed by atoms with Gasteiger partial charge in [0.25, 0.3) is 0 Å². The Kier molecular flexibility index (Phi) is 4.88. The van der Waals surface area contributed by atoms with Crippen molar-refractivity contribution >= 4 is 5.97 Å². The zero-order valence-corrected chi connectivity index (χ0v) is 6.16. The molecule has 10 heavy (non-hydrogen) atoms. The summed E-state index contributed by atoms with van der Waals surface area (Å²) in [6.07, 6.45) is 0. The topological polar surface area (TPSA) is 55.8 Å². The average molecular weight is 148 g/mol. The Labute approximate surface area is 59.7 Å². The maximum absolute atomic E-state index is 10.3. The summed E-state index contributed by atoms with van der Waals surface area (Å²) in [6.45, 7) is 0.395. The summed E-state index contributed by atoms with van der Waals surface area (Å²) < 4.78 is 9.31. The SMILES string of the molecule is COCC(COC)C(=O)O. The van der Waals surface area contributed by atoms with E-state index in [0.717, 1.165) is 0 Å². The van der Waals surface area contributed by atoms with Gasteiger partial charge in [0, 0.05) is 14.2 Å². The van der Waals surface area contributed by atoms with Gasteiger partial charge < -0.3 is 14.6 Å². The molecule has 0 aliphatic carbocycles. The molecular weight excluding hydrogens is 136 g/mol. The van der Waals surface area contributed by atoms with Gasteiger partial charge in [-0.15, -0.1) is 0 Å². The number of methoxy groups -OCH3 is 2. The molecule has 0 spiro atoms. The van der Waals surface area contributed by atoms with Gasteiger partial charge in [0.1, 0.15) is 5.92 Å². The molecule has 0 amide bonds. The van der Waals surface area contributed by atoms with E-state index >= 15 is 0 Å². The van der Waals surface area contributed by atoms with Crippen LogP contribution in [0, 0.1) is 5.92 Å². The second-order valence-electron chi connectivity index (χ2n) is 1.95. The Balaban J connectivity index is 3.61. The van der Waals surface area contributed by atoms with E-state index in [1.807, 2.05) is 0 Å². The molecule has 0 saturated heterocycles. The van der Waals surface area contributed by atoms with Gasteiger partial charge in [-0.2, -0.15) is 0 Å². The van der Waals surface area contributed by atoms with E-state index in [4.69, 9.17) is 5.11 Å². The minimum atomic E-state index is -0.885. The lowest BCUT2D eigenvalue weighted by Gasteiger charge is -2.08. The van der Waals surface area contributed by atoms with Gasteiger partial charge in [-0.3, -0.25) is 4.79 Å². The molecule has 0 rings (SSSR count). The number of aliphatic carboxylic acids is 1. The van der Waals surface area contributed by atoms with Crippen LogP contribution in [0.15, 0.2) is 0 Å². The van der Waals surface area contributed by atoms with Crippen LogP contribution in [0.2, 0.25) is 0 Å². The maximum Gasteiger partial charge on any atom is 0.311 e. The highest BCUT2D eigenvalue weighted by molar-refractivity contribution is 5.70. The van der Waals surface area contributed by atoms with Crippen LogP contribution in [0.5, 0.6) is 0 Å². The lowest BCUT2D eigenvalue weighted by Crippen LogP contribution is -2.23. The summed E-state index contributed by atoms with van der Waals surface area (Å²) in [7, 11) is 2.93. The first-order chi connectivity index (χ1) is 4.72. The molecule has 0 aromatic heterocycles. The molecule has 0 heterocycles. The Morgan fingerprint density at radius 3 is 2.00 bits per heavy atom. The van der Waals surface area contributed by atoms with Gasteiger partial charge >= 0.3 is 5.97 Å². The third-order valence-corrected chi connectivity index (χ3v) is 1.08. The zero-order valence-electron chi connectivity index (χ0n) is 6.16. The number of hydrogen-bond acceptors (Lipinski definition) is 3. The summed E-state index contributed by atoms with van der Waals surface area (Å²) >= 11 is 0. The number of hydrogen-bond donors (Lipinski definition) is 1. The number of rotatable bonds is 5. The molecular formula is C6H12O4. The smallest absolute Gasteiger partial charge is 0.311 e. The van der Waals surface area contributed by atoms with Crippen LogP contribution in [0.1, 0.15) is 0 Å². The van der Waals surface area contributed by atoms with Gasteiger partial charge in [-0.1, -0.05) is 0 Å². The quantitative estimate of drug-likeness (QED) is 0.595. The molecule has 0 bridgehead atoms. The van der Waals surface area contributed by atoms with Crippen molar-refractivity contribution < 1.29 is 19.4 Å². The van der Waals surface area contributed by atoms with Crippen LogP contribution in [0.3, 0.4) is 0 Å². The van der Waals surface area contributed by atoms with Gasteiger partial charge in [-0.25, -0.2) is 0 Å². The predicted octanol–water partition coefficient (Wildman–Crippen LogP) is -0.0200. The van der Waals surface area contributed by atoms with E-state index in [-0.39, 0.29) is 13.2 Å². The molecule has 0 aromatic carbocycles. The first-order valence-corrected chi connectivity index (χ1v) is 2.93. The fraction of sp³-hybridized carbons (Fsp3) is 0.833. The Morgan fingerprint density at radius 2 is 1.80 bits per heavy atom. The Hall–Kier alpha value is -0.610. The van der Waals surface area contributed by atoms with Crippen LogP contribution in [-0.2, 0) is 14.3 Å². The third-order valence-electron chi connectivity index (χ3n) is 1.08. The van der Waals surface area contributed by atoms with Crippen molar-refractivity contribution in [3.63, 3.8) is 0 Å². The molecule has 0 aromatic rings. The Morgan fingerprint density at radius 1 is 1.40 bits per heavy atom. The lowest BCUT2D eigenvalue weighted by molar-refractivity contribution is -0.145. The van der Waals surface area contributed by atoms with Crippen molar-refractivity contribution in [1.29, 1.82) is 0 Å². The van der Waals surface area contributed by atoms with Crippen LogP contribution >= 0.6 is 0 Å². The van der Waals surface area contributed by atoms with Crippen LogP contribution < -0.4 is 0 Å². The minimum absolute atomic E-state index is 0.198. The summed E-state index contributed by atoms with van der Waals surface area (Å²) in [6, 6.07) is 0. The molecule has 0 unspecified atom stereocenters. The third kappa shape index (κ3) is 3.42. The molecule has 0 saturated carbocycles. The summed E-state index contributed by atoms with van der Waals surface area (Å²) in [4.78, 5) is 10.3. The van der Waals surface area contributed by atoms with Crippen molar-refractivity contribution in [2.24, 2.45) is 5.92 Å². The number of carbonyl (C=O) groups is 1. The molecule has 0 fully saturated rings. The predicted molar refractivity (Wildman–Crippen MR) is 34.9 cm³/mol. The molecule has 4 heteroatoms. The van der Waals surface area contributed by atoms with Crippen LogP contribution in [-0.4, -0.2) is 38.5 Å². The summed E-state index contributed by atoms with van der Waals surface area (Å²) in [5, 5.41) is 8.48. The van der Waals surface area contributed by atoms with E-state index in [2.05, 4.69) is 9.47 Å². The molecule has 0 aliphatic rings. The lowest BCUT2D eigenvalue weighted by atomic mass is 10.2. The van der Waals surface area contributed by atoms with Gasteiger partial charge in [0.2, 0.25) is 0 Å². The second kappa shape index (κ2) is 5.20. The molecule has 1 N–H and O–H groups in total. The van der Waals surface area contributed by atoms with E-state index in [0.29, 0.717) is 0 Å². The molecule has 60 valence electrons. The van der Waals surface area contributed by atoms with Crippen molar-refractivity contribution in [2.75, 3.05) is 27.4 Å². The zero-order chi connectivity index (χ0) is 7.98. The molecule has 0 aliphatic heterocycles. The highest BCUT2D eigenvalue weighted by atomic mass is 16.5. The second-order valence-corrected chi connectivity index (χ2v) is 1.95. The number of carboxylic acid groups (broad SMARTS) is 1. The van der Waals surface area contributed by atoms with E-state index < -0.39 is 11.9 Å². The molecule has 0 atom stereocenters. The van der Waals surface area contributed by atoms with Gasteiger partial charge in [-0.05, 0) is 0 Å². The van der Waals surface area contributed by atoms with E-state index in [9.17, 15) is 4.79 Å². The van der Waals surface area contributed by atoms with Gasteiger partial charge in [0.05, 0.1) is 13.2 Å². The fourth-order valence-corrected chi connectivity index (χ4v) is 0.593. The standard InChI is InChI=1S/C6H12O4/c1-9-3-5(4-10-2)6(7)8/h5H,3-4H2,1-2H3,(H,7,8). The molecule has 4 nitrogen and oxygen atoms in total. The maximum atomic E-state index is 10.3. The van der Waals surface area contributed by atoms with Crippen LogP contribution in [0.25, 0.3) is 0 Å². The van der Waals surface area contributed by atoms with E-state index in [1.54, 1.807) is 0 Å². The van der Waals surface area contributed by atoms with Crippen molar-refractivity contribution in [2.45, 2.75) is 0 Å². The highest BCUT2D eigenvalue weighted by Gasteiger charge is 2.15. The number of carboxylic acids is 1. The van der Waals surface area contributed by atoms with Gasteiger partial charge in [0.15, 0.2) is 0 Å². The summed E-state index contributed by atoms with van der Waals surface area (Å²) in [5.41, 5.74) is 0. The fourth-order valence-electron chi connectivity index (χ4n) is 0.593. The van der Waals surface area contributed by atoms with E-state index in [1.165, 1.54) is 14.2 Å². The van der Waals surface area contributed by atoms with Crippen molar-refractivity contribution in [1.82, 2.24) is 0 Å². The average Bonchev–Trinajstić information content (AvgIpc) is 1.87. The number of ether oxygens (including phenoxy) is 2. The monoisotopic (exact) mass is 148 g/mol. The van der Waals surface area contributed by atoms with Crippen molar-refractivity contribution in [3.8, 4) is 0 Å². The normalized spacial score (nSPS) is 10.3. The Bertz CT molecular complexity index is 95.9. The molecule has 0 radical (unpaired) electrons. The van der Waals surface area contributed by atoms with Crippen LogP contribution in [0.4, 0.5) is 0 Å². The first kappa shape index (κ1) is 9.39. The first-order valence-electron chi connectivity index (χ1n) is 2.93. The largest absolute Gasteiger partial charge is 0.481 e. The highest BCUT2D eigenvalue weighted by Crippen LogP contribution is 1.96. The summed E-state index contributed by atoms with van der Waals surface area (Å²) in [5.74, 6) is -1.43.